The largest absolute Gasteiger partial charge is 0.456 e. The summed E-state index contributed by atoms with van der Waals surface area (Å²) in [6, 6.07) is 14.6. The van der Waals surface area contributed by atoms with Gasteiger partial charge in [-0.25, -0.2) is 14.4 Å². The van der Waals surface area contributed by atoms with Crippen LogP contribution in [0.3, 0.4) is 0 Å². The summed E-state index contributed by atoms with van der Waals surface area (Å²) in [7, 11) is 0. The van der Waals surface area contributed by atoms with Gasteiger partial charge in [0.25, 0.3) is 0 Å². The number of ether oxygens (including phenoxy) is 5. The zero-order chi connectivity index (χ0) is 64.9. The summed E-state index contributed by atoms with van der Waals surface area (Å²) < 4.78 is 29.5. The standard InChI is InChI=1S/C43H53NO14.C27H44O3/c1-22-26(55-37(51)32(48)30(24-15-11-9-12-16-24)44-38(52)58-39(3,4)5)20-43(53)35(56-36(50)25-17-13-10-14-18-25)33-41(8,34(49)31(47)29(22)40(43,6)7)27(46)19-28-42(33,21-54-28)57-23(2)45;1-18(8-6-14-26(3,4)30)23-12-13-24-20(9-7-15-27(23,24)5)10-11-21-16-22(28)17-25(29)19(21)2/h9-18,26-28,30-33,35,46-48,53H,19-21H2,1-8H3,(H,44,52);10-11,18,22-25,28-30H,2,6-9,12-17H2,1,3-5H3/b;20-10+,21-11-/t26-,27-,28+,30-,31+,32+,33-,35-,41+,42-,43+;18-,22-,23-,24+,25+,27-/m01/s1. The van der Waals surface area contributed by atoms with E-state index < -0.39 is 130 Å². The van der Waals surface area contributed by atoms with E-state index in [1.165, 1.54) is 64.5 Å². The number of fused-ring (bicyclic) bond motifs is 6. The number of allylic oxidation sites excluding steroid dienone is 3. The lowest BCUT2D eigenvalue weighted by atomic mass is 9.44. The first kappa shape index (κ1) is 68.3. The van der Waals surface area contributed by atoms with Crippen LogP contribution in [-0.4, -0.2) is 143 Å². The van der Waals surface area contributed by atoms with Crippen LogP contribution in [0.4, 0.5) is 4.79 Å². The van der Waals surface area contributed by atoms with Crippen LogP contribution >= 0.6 is 0 Å². The molecule has 18 heteroatoms. The minimum absolute atomic E-state index is 0.0637. The molecule has 5 saturated carbocycles. The first-order valence-corrected chi connectivity index (χ1v) is 31.5. The summed E-state index contributed by atoms with van der Waals surface area (Å²) in [5.74, 6) is -3.26. The Morgan fingerprint density at radius 2 is 1.56 bits per heavy atom. The lowest BCUT2D eigenvalue weighted by molar-refractivity contribution is -0.346. The van der Waals surface area contributed by atoms with Crippen LogP contribution in [0.25, 0.3) is 0 Å². The highest BCUT2D eigenvalue weighted by molar-refractivity contribution is 5.94. The molecule has 2 aromatic carbocycles. The van der Waals surface area contributed by atoms with Gasteiger partial charge in [0.05, 0.1) is 53.5 Å². The molecule has 8 N–H and O–H groups in total. The van der Waals surface area contributed by atoms with Crippen molar-refractivity contribution in [2.75, 3.05) is 6.61 Å². The third kappa shape index (κ3) is 13.4. The summed E-state index contributed by atoms with van der Waals surface area (Å²) >= 11 is 0. The number of Topliss-reactive ketones (excluding diaryl/α,β-unsaturated/α-hetero) is 1. The second-order valence-corrected chi connectivity index (χ2v) is 28.9. The molecule has 7 aliphatic rings. The fraction of sp³-hybridized carbons (Fsp3) is 0.643. The molecule has 2 aromatic rings. The first-order valence-electron chi connectivity index (χ1n) is 31.5. The zero-order valence-corrected chi connectivity index (χ0v) is 53.5. The summed E-state index contributed by atoms with van der Waals surface area (Å²) in [6.07, 6.45) is 2.38. The highest BCUT2D eigenvalue weighted by Crippen LogP contribution is 2.65. The molecule has 0 spiro atoms. The van der Waals surface area contributed by atoms with Gasteiger partial charge in [-0.2, -0.15) is 0 Å². The molecular formula is C70H97NO17. The molecule has 18 nitrogen and oxygen atoms in total. The zero-order valence-electron chi connectivity index (χ0n) is 53.5. The molecular weight excluding hydrogens is 1130 g/mol. The number of nitrogens with one attached hydrogen (secondary N) is 1. The van der Waals surface area contributed by atoms with Crippen LogP contribution < -0.4 is 5.32 Å². The summed E-state index contributed by atoms with van der Waals surface area (Å²) in [6.45, 7) is 24.6. The summed E-state index contributed by atoms with van der Waals surface area (Å²) in [4.78, 5) is 68.9. The van der Waals surface area contributed by atoms with Gasteiger partial charge in [0.1, 0.15) is 35.6 Å². The Morgan fingerprint density at radius 3 is 2.16 bits per heavy atom. The Labute approximate surface area is 518 Å². The number of alkyl carbamates (subject to hydrolysis) is 1. The topological polar surface area (TPSA) is 285 Å². The fourth-order valence-electron chi connectivity index (χ4n) is 16.3. The SMILES string of the molecule is C=C1/C(=C\C=C2/CCC[C@]3(C)[C@@H]([C@H](C)CCCC(C)(C)O)CC[C@@H]23)C[C@@H](O)C[C@@H]1O.CC(=O)O[C@@]12CO[C@@H]1C[C@H](O)[C@@]1(C)C(=O)[C@H](O)C3=C(C)[C@@H](OC(=O)[C@H](O)[C@@H](NC(=O)OC(C)(C)C)c4ccccc4)C[C@@](O)([C@@H](OC(=O)c4ccccc4)[C@H]21)C3(C)C. The fourth-order valence-corrected chi connectivity index (χ4v) is 16.3. The van der Waals surface area contributed by atoms with E-state index in [1.807, 2.05) is 13.8 Å². The number of amides is 1. The Balaban J connectivity index is 0.000000280. The lowest BCUT2D eigenvalue weighted by Gasteiger charge is -2.67. The molecule has 6 fully saturated rings. The number of carbonyl (C=O) groups excluding carboxylic acids is 5. The van der Waals surface area contributed by atoms with Crippen molar-refractivity contribution < 1.29 is 83.4 Å². The molecule has 6 aliphatic carbocycles. The van der Waals surface area contributed by atoms with Crippen LogP contribution in [0.2, 0.25) is 0 Å². The number of benzene rings is 2. The predicted octanol–water partition coefficient (Wildman–Crippen LogP) is 8.96. The minimum atomic E-state index is -2.35. The number of hydrogen-bond acceptors (Lipinski definition) is 17. The quantitative estimate of drug-likeness (QED) is 0.0497. The number of ketones is 1. The number of rotatable bonds is 14. The van der Waals surface area contributed by atoms with Gasteiger partial charge in [0, 0.05) is 31.6 Å². The summed E-state index contributed by atoms with van der Waals surface area (Å²) in [5, 5.41) is 81.8. The van der Waals surface area contributed by atoms with Crippen molar-refractivity contribution in [1.82, 2.24) is 5.32 Å². The Bertz CT molecular complexity index is 3010. The molecule has 1 amide bonds. The smallest absolute Gasteiger partial charge is 0.408 e. The number of hydrogen-bond donors (Lipinski definition) is 8. The molecule has 9 rings (SSSR count). The van der Waals surface area contributed by atoms with Gasteiger partial charge in [-0.15, -0.1) is 0 Å². The second-order valence-electron chi connectivity index (χ2n) is 28.9. The Morgan fingerprint density at radius 1 is 0.909 bits per heavy atom. The second kappa shape index (κ2) is 26.0. The van der Waals surface area contributed by atoms with E-state index in [0.717, 1.165) is 36.8 Å². The normalized spacial score (nSPS) is 35.4. The van der Waals surface area contributed by atoms with Crippen LogP contribution in [0.5, 0.6) is 0 Å². The van der Waals surface area contributed by atoms with Crippen molar-refractivity contribution in [3.63, 3.8) is 0 Å². The van der Waals surface area contributed by atoms with Gasteiger partial charge < -0.3 is 64.7 Å². The van der Waals surface area contributed by atoms with E-state index in [9.17, 15) is 59.7 Å². The molecule has 484 valence electrons. The van der Waals surface area contributed by atoms with Crippen LogP contribution in [0.15, 0.2) is 107 Å². The van der Waals surface area contributed by atoms with E-state index in [-0.39, 0.29) is 29.7 Å². The van der Waals surface area contributed by atoms with Crippen LogP contribution in [0.1, 0.15) is 182 Å². The average Bonchev–Trinajstić information content (AvgIpc) is 0.803. The molecule has 0 unspecified atom stereocenters. The molecule has 1 aliphatic heterocycles. The molecule has 0 aromatic heterocycles. The van der Waals surface area contributed by atoms with Crippen LogP contribution in [-0.2, 0) is 38.1 Å². The first-order chi connectivity index (χ1) is 41.0. The van der Waals surface area contributed by atoms with E-state index >= 15 is 0 Å². The molecule has 2 bridgehead atoms. The molecule has 0 radical (unpaired) electrons. The monoisotopic (exact) mass is 1220 g/mol. The van der Waals surface area contributed by atoms with Gasteiger partial charge in [-0.1, -0.05) is 113 Å². The van der Waals surface area contributed by atoms with Gasteiger partial charge in [-0.05, 0) is 157 Å². The van der Waals surface area contributed by atoms with E-state index in [0.29, 0.717) is 35.7 Å². The van der Waals surface area contributed by atoms with E-state index in [1.54, 1.807) is 88.7 Å². The van der Waals surface area contributed by atoms with Crippen molar-refractivity contribution in [3.05, 3.63) is 118 Å². The highest BCUT2D eigenvalue weighted by Gasteiger charge is 2.78. The number of carbonyl (C=O) groups is 5. The average molecular weight is 1220 g/mol. The van der Waals surface area contributed by atoms with Gasteiger partial charge in [-0.3, -0.25) is 9.59 Å². The third-order valence-electron chi connectivity index (χ3n) is 21.0. The highest BCUT2D eigenvalue weighted by atomic mass is 16.6. The van der Waals surface area contributed by atoms with E-state index in [4.69, 9.17) is 23.7 Å². The lowest BCUT2D eigenvalue weighted by Crippen LogP contribution is -2.81. The van der Waals surface area contributed by atoms with Gasteiger partial charge in [0.2, 0.25) is 0 Å². The van der Waals surface area contributed by atoms with Crippen molar-refractivity contribution >= 4 is 29.8 Å². The predicted molar refractivity (Wildman–Crippen MR) is 328 cm³/mol. The van der Waals surface area contributed by atoms with Crippen molar-refractivity contribution in [2.24, 2.45) is 39.9 Å². The van der Waals surface area contributed by atoms with Crippen LogP contribution in [0, 0.1) is 39.9 Å². The number of esters is 3. The molecule has 1 heterocycles. The molecule has 88 heavy (non-hydrogen) atoms. The van der Waals surface area contributed by atoms with Gasteiger partial charge in [0.15, 0.2) is 17.5 Å². The number of aliphatic hydroxyl groups excluding tert-OH is 5. The van der Waals surface area contributed by atoms with Crippen molar-refractivity contribution in [2.45, 2.75) is 237 Å². The van der Waals surface area contributed by atoms with E-state index in [2.05, 4.69) is 37.9 Å². The Kier molecular flexibility index (Phi) is 20.2. The maximum Gasteiger partial charge on any atom is 0.408 e. The minimum Gasteiger partial charge on any atom is -0.456 e. The molecule has 1 saturated heterocycles. The summed E-state index contributed by atoms with van der Waals surface area (Å²) in [5.41, 5.74) is -4.97. The van der Waals surface area contributed by atoms with Crippen molar-refractivity contribution in [3.8, 4) is 0 Å². The number of aliphatic hydroxyl groups is 7. The third-order valence-corrected chi connectivity index (χ3v) is 21.0. The van der Waals surface area contributed by atoms with Gasteiger partial charge >= 0.3 is 24.0 Å². The maximum absolute atomic E-state index is 14.9. The molecule has 17 atom stereocenters. The van der Waals surface area contributed by atoms with Crippen molar-refractivity contribution in [1.29, 1.82) is 0 Å². The Hall–Kier alpha value is -5.57. The maximum atomic E-state index is 14.9.